The monoisotopic (exact) mass is 252 g/mol. The highest BCUT2D eigenvalue weighted by atomic mass is 15.0. The molecule has 4 nitrogen and oxygen atoms in total. The number of aromatic amines is 1. The Morgan fingerprint density at radius 2 is 1.84 bits per heavy atom. The molecule has 0 bridgehead atoms. The van der Waals surface area contributed by atoms with Gasteiger partial charge in [0, 0.05) is 11.3 Å². The van der Waals surface area contributed by atoms with Crippen molar-refractivity contribution in [3.05, 3.63) is 47.7 Å². The van der Waals surface area contributed by atoms with Crippen molar-refractivity contribution in [1.82, 2.24) is 15.0 Å². The van der Waals surface area contributed by atoms with E-state index < -0.39 is 0 Å². The Kier molecular flexibility index (Phi) is 3.01. The Labute approximate surface area is 111 Å². The summed E-state index contributed by atoms with van der Waals surface area (Å²) in [7, 11) is 0. The summed E-state index contributed by atoms with van der Waals surface area (Å²) in [5, 5.41) is 0. The Morgan fingerprint density at radius 3 is 2.58 bits per heavy atom. The predicted octanol–water partition coefficient (Wildman–Crippen LogP) is 2.43. The van der Waals surface area contributed by atoms with Crippen molar-refractivity contribution in [2.45, 2.75) is 13.3 Å². The lowest BCUT2D eigenvalue weighted by Gasteiger charge is -2.00. The van der Waals surface area contributed by atoms with Crippen molar-refractivity contribution in [2.24, 2.45) is 5.73 Å². The molecule has 2 heterocycles. The first kappa shape index (κ1) is 11.9. The zero-order valence-electron chi connectivity index (χ0n) is 10.9. The molecule has 0 spiro atoms. The number of nitrogens with two attached hydrogens (primary N) is 1. The molecule has 0 aliphatic heterocycles. The van der Waals surface area contributed by atoms with Crippen LogP contribution in [-0.2, 0) is 6.42 Å². The van der Waals surface area contributed by atoms with Gasteiger partial charge in [-0.15, -0.1) is 0 Å². The minimum atomic E-state index is 0.674. The average Bonchev–Trinajstić information content (AvgIpc) is 2.83. The van der Waals surface area contributed by atoms with Crippen LogP contribution < -0.4 is 5.73 Å². The molecular formula is C15H16N4. The summed E-state index contributed by atoms with van der Waals surface area (Å²) >= 11 is 0. The molecule has 0 unspecified atom stereocenters. The molecule has 0 radical (unpaired) electrons. The van der Waals surface area contributed by atoms with E-state index in [1.807, 2.05) is 19.1 Å². The smallest absolute Gasteiger partial charge is 0.178 e. The SMILES string of the molecule is Cc1ccc2[nH]c(-c3ccc(CCN)cc3)nc2n1. The van der Waals surface area contributed by atoms with Crippen LogP contribution in [0.15, 0.2) is 36.4 Å². The van der Waals surface area contributed by atoms with E-state index in [4.69, 9.17) is 5.73 Å². The van der Waals surface area contributed by atoms with Gasteiger partial charge in [-0.05, 0) is 37.6 Å². The third kappa shape index (κ3) is 2.35. The summed E-state index contributed by atoms with van der Waals surface area (Å²) in [6.07, 6.45) is 0.904. The molecule has 0 amide bonds. The van der Waals surface area contributed by atoms with Crippen molar-refractivity contribution in [2.75, 3.05) is 6.54 Å². The second kappa shape index (κ2) is 4.82. The van der Waals surface area contributed by atoms with Crippen LogP contribution in [0.5, 0.6) is 0 Å². The van der Waals surface area contributed by atoms with Crippen LogP contribution in [0.3, 0.4) is 0 Å². The summed E-state index contributed by atoms with van der Waals surface area (Å²) in [4.78, 5) is 12.2. The van der Waals surface area contributed by atoms with Crippen LogP contribution in [-0.4, -0.2) is 21.5 Å². The molecular weight excluding hydrogens is 236 g/mol. The van der Waals surface area contributed by atoms with Crippen LogP contribution in [0.1, 0.15) is 11.3 Å². The average molecular weight is 252 g/mol. The van der Waals surface area contributed by atoms with Gasteiger partial charge in [-0.1, -0.05) is 24.3 Å². The number of aryl methyl sites for hydroxylation is 1. The van der Waals surface area contributed by atoms with Gasteiger partial charge < -0.3 is 10.7 Å². The van der Waals surface area contributed by atoms with Crippen molar-refractivity contribution in [3.8, 4) is 11.4 Å². The number of hydrogen-bond acceptors (Lipinski definition) is 3. The van der Waals surface area contributed by atoms with Gasteiger partial charge in [0.05, 0.1) is 5.52 Å². The molecule has 0 saturated carbocycles. The molecule has 96 valence electrons. The van der Waals surface area contributed by atoms with Crippen LogP contribution in [0.4, 0.5) is 0 Å². The minimum absolute atomic E-state index is 0.674. The Hall–Kier alpha value is -2.20. The number of nitrogens with zero attached hydrogens (tertiary/aromatic N) is 2. The third-order valence-corrected chi connectivity index (χ3v) is 3.15. The number of fused-ring (bicyclic) bond motifs is 1. The number of benzene rings is 1. The third-order valence-electron chi connectivity index (χ3n) is 3.15. The molecule has 0 aliphatic carbocycles. The normalized spacial score (nSPS) is 11.1. The second-order valence-corrected chi connectivity index (χ2v) is 4.64. The number of hydrogen-bond donors (Lipinski definition) is 2. The summed E-state index contributed by atoms with van der Waals surface area (Å²) in [6, 6.07) is 12.3. The first-order valence-electron chi connectivity index (χ1n) is 6.39. The predicted molar refractivity (Wildman–Crippen MR) is 76.8 cm³/mol. The van der Waals surface area contributed by atoms with E-state index >= 15 is 0 Å². The molecule has 19 heavy (non-hydrogen) atoms. The van der Waals surface area contributed by atoms with Crippen molar-refractivity contribution >= 4 is 11.2 Å². The molecule has 3 N–H and O–H groups in total. The summed E-state index contributed by atoms with van der Waals surface area (Å²) in [5.74, 6) is 0.854. The first-order chi connectivity index (χ1) is 9.26. The van der Waals surface area contributed by atoms with E-state index in [0.29, 0.717) is 6.54 Å². The van der Waals surface area contributed by atoms with Gasteiger partial charge in [0.2, 0.25) is 0 Å². The summed E-state index contributed by atoms with van der Waals surface area (Å²) in [6.45, 7) is 2.64. The molecule has 0 saturated heterocycles. The number of H-pyrrole nitrogens is 1. The largest absolute Gasteiger partial charge is 0.337 e. The van der Waals surface area contributed by atoms with Gasteiger partial charge in [-0.2, -0.15) is 0 Å². The Morgan fingerprint density at radius 1 is 1.05 bits per heavy atom. The highest BCUT2D eigenvalue weighted by Gasteiger charge is 2.06. The van der Waals surface area contributed by atoms with Gasteiger partial charge in [-0.3, -0.25) is 0 Å². The van der Waals surface area contributed by atoms with Gasteiger partial charge in [0.25, 0.3) is 0 Å². The van der Waals surface area contributed by atoms with Crippen molar-refractivity contribution in [1.29, 1.82) is 0 Å². The Balaban J connectivity index is 1.99. The van der Waals surface area contributed by atoms with E-state index in [2.05, 4.69) is 39.2 Å². The molecule has 1 aromatic carbocycles. The second-order valence-electron chi connectivity index (χ2n) is 4.64. The lowest BCUT2D eigenvalue weighted by molar-refractivity contribution is 0.969. The summed E-state index contributed by atoms with van der Waals surface area (Å²) in [5.41, 5.74) is 10.6. The number of aromatic nitrogens is 3. The molecule has 0 fully saturated rings. The van der Waals surface area contributed by atoms with Crippen molar-refractivity contribution in [3.63, 3.8) is 0 Å². The van der Waals surface area contributed by atoms with Crippen LogP contribution in [0.2, 0.25) is 0 Å². The molecule has 4 heteroatoms. The quantitative estimate of drug-likeness (QED) is 0.752. The van der Waals surface area contributed by atoms with Crippen LogP contribution in [0.25, 0.3) is 22.6 Å². The number of rotatable bonds is 3. The van der Waals surface area contributed by atoms with E-state index in [0.717, 1.165) is 34.7 Å². The molecule has 0 atom stereocenters. The highest BCUT2D eigenvalue weighted by Crippen LogP contribution is 2.20. The molecule has 2 aromatic heterocycles. The maximum absolute atomic E-state index is 5.55. The lowest BCUT2D eigenvalue weighted by atomic mass is 10.1. The zero-order valence-corrected chi connectivity index (χ0v) is 10.9. The molecule has 3 rings (SSSR count). The lowest BCUT2D eigenvalue weighted by Crippen LogP contribution is -2.02. The minimum Gasteiger partial charge on any atom is -0.337 e. The fourth-order valence-electron chi connectivity index (χ4n) is 2.12. The van der Waals surface area contributed by atoms with Gasteiger partial charge >= 0.3 is 0 Å². The number of nitrogens with one attached hydrogen (secondary N) is 1. The fraction of sp³-hybridized carbons (Fsp3) is 0.200. The zero-order chi connectivity index (χ0) is 13.2. The van der Waals surface area contributed by atoms with Crippen molar-refractivity contribution < 1.29 is 0 Å². The summed E-state index contributed by atoms with van der Waals surface area (Å²) < 4.78 is 0. The van der Waals surface area contributed by atoms with E-state index in [9.17, 15) is 0 Å². The first-order valence-corrected chi connectivity index (χ1v) is 6.39. The molecule has 0 aliphatic rings. The van der Waals surface area contributed by atoms with Crippen LogP contribution in [0, 0.1) is 6.92 Å². The van der Waals surface area contributed by atoms with Gasteiger partial charge in [-0.25, -0.2) is 9.97 Å². The molecule has 3 aromatic rings. The van der Waals surface area contributed by atoms with E-state index in [1.165, 1.54) is 5.56 Å². The highest BCUT2D eigenvalue weighted by molar-refractivity contribution is 5.75. The topological polar surface area (TPSA) is 67.6 Å². The standard InChI is InChI=1S/C15H16N4/c1-10-2-7-13-15(17-10)19-14(18-13)12-5-3-11(4-6-12)8-9-16/h2-7H,8-9,16H2,1H3,(H,17,18,19). The maximum Gasteiger partial charge on any atom is 0.178 e. The van der Waals surface area contributed by atoms with Gasteiger partial charge in [0.1, 0.15) is 5.82 Å². The van der Waals surface area contributed by atoms with E-state index in [1.54, 1.807) is 0 Å². The fourth-order valence-corrected chi connectivity index (χ4v) is 2.12. The maximum atomic E-state index is 5.55. The Bertz CT molecular complexity index is 698. The number of pyridine rings is 1. The van der Waals surface area contributed by atoms with E-state index in [-0.39, 0.29) is 0 Å². The van der Waals surface area contributed by atoms with Gasteiger partial charge in [0.15, 0.2) is 5.65 Å². The number of imidazole rings is 1. The van der Waals surface area contributed by atoms with Crippen LogP contribution >= 0.6 is 0 Å².